The van der Waals surface area contributed by atoms with E-state index in [1.807, 2.05) is 36.4 Å². The monoisotopic (exact) mass is 303 g/mol. The zero-order valence-corrected chi connectivity index (χ0v) is 11.0. The molecule has 3 rings (SSSR count). The van der Waals surface area contributed by atoms with Crippen LogP contribution in [0.4, 0.5) is 0 Å². The fourth-order valence-electron chi connectivity index (χ4n) is 1.91. The van der Waals surface area contributed by atoms with Gasteiger partial charge in [-0.3, -0.25) is 4.79 Å². The number of carbonyl (C=O) groups excluding carboxylic acids is 1. The van der Waals surface area contributed by atoms with E-state index in [4.69, 9.17) is 4.74 Å². The maximum absolute atomic E-state index is 12.0. The largest absolute Gasteiger partial charge is 0.466 e. The van der Waals surface area contributed by atoms with E-state index in [-0.39, 0.29) is 5.91 Å². The molecular weight excluding hydrogens is 294 g/mol. The Morgan fingerprint density at radius 3 is 2.67 bits per heavy atom. The Balaban J connectivity index is 1.97. The lowest BCUT2D eigenvalue weighted by molar-refractivity contribution is 0.0756. The minimum atomic E-state index is -0.424. The number of ether oxygens (including phenoxy) is 1. The van der Waals surface area contributed by atoms with Gasteiger partial charge in [0.25, 0.3) is 5.91 Å². The molecule has 18 heavy (non-hydrogen) atoms. The van der Waals surface area contributed by atoms with Gasteiger partial charge in [-0.05, 0) is 18.2 Å². The maximum atomic E-state index is 12.0. The van der Waals surface area contributed by atoms with Gasteiger partial charge in [0.1, 0.15) is 5.75 Å². The number of benzene rings is 2. The third-order valence-electron chi connectivity index (χ3n) is 2.80. The molecule has 1 heterocycles. The number of halogens is 1. The summed E-state index contributed by atoms with van der Waals surface area (Å²) in [6.45, 7) is 0. The van der Waals surface area contributed by atoms with E-state index in [1.54, 1.807) is 12.1 Å². The predicted octanol–water partition coefficient (Wildman–Crippen LogP) is 3.27. The standard InChI is InChI=1S/C14H10BrNO2/c15-10-6-7-12-11(8-10)13(17)16-14(18-12)9-4-2-1-3-5-9/h1-8,14H,(H,16,17). The lowest BCUT2D eigenvalue weighted by Crippen LogP contribution is -2.36. The van der Waals surface area contributed by atoms with Crippen LogP contribution in [0.3, 0.4) is 0 Å². The molecule has 4 heteroatoms. The number of rotatable bonds is 1. The van der Waals surface area contributed by atoms with Crippen molar-refractivity contribution in [3.05, 3.63) is 64.1 Å². The molecule has 90 valence electrons. The lowest BCUT2D eigenvalue weighted by atomic mass is 10.1. The Labute approximate surface area is 113 Å². The van der Waals surface area contributed by atoms with Crippen LogP contribution in [0.2, 0.25) is 0 Å². The average molecular weight is 304 g/mol. The molecule has 1 aliphatic rings. The van der Waals surface area contributed by atoms with Gasteiger partial charge in [-0.1, -0.05) is 46.3 Å². The summed E-state index contributed by atoms with van der Waals surface area (Å²) < 4.78 is 6.65. The molecule has 1 aliphatic heterocycles. The molecule has 0 saturated carbocycles. The van der Waals surface area contributed by atoms with Crippen LogP contribution in [-0.4, -0.2) is 5.91 Å². The second-order valence-electron chi connectivity index (χ2n) is 4.02. The van der Waals surface area contributed by atoms with Crippen LogP contribution in [0.1, 0.15) is 22.1 Å². The molecule has 1 unspecified atom stereocenters. The minimum Gasteiger partial charge on any atom is -0.466 e. The zero-order valence-electron chi connectivity index (χ0n) is 9.39. The van der Waals surface area contributed by atoms with Crippen molar-refractivity contribution in [2.75, 3.05) is 0 Å². The lowest BCUT2D eigenvalue weighted by Gasteiger charge is -2.27. The van der Waals surface area contributed by atoms with E-state index in [0.717, 1.165) is 10.0 Å². The zero-order chi connectivity index (χ0) is 12.5. The molecule has 1 amide bonds. The first-order valence-corrected chi connectivity index (χ1v) is 6.35. The molecule has 2 aromatic rings. The smallest absolute Gasteiger partial charge is 0.258 e. The third kappa shape index (κ3) is 1.99. The first-order chi connectivity index (χ1) is 8.74. The van der Waals surface area contributed by atoms with Crippen molar-refractivity contribution in [3.8, 4) is 5.75 Å². The van der Waals surface area contributed by atoms with Crippen molar-refractivity contribution >= 4 is 21.8 Å². The molecule has 0 aromatic heterocycles. The molecule has 0 aliphatic carbocycles. The second-order valence-corrected chi connectivity index (χ2v) is 4.94. The highest BCUT2D eigenvalue weighted by molar-refractivity contribution is 9.10. The van der Waals surface area contributed by atoms with Crippen molar-refractivity contribution in [1.82, 2.24) is 5.32 Å². The quantitative estimate of drug-likeness (QED) is 0.878. The van der Waals surface area contributed by atoms with E-state index >= 15 is 0 Å². The van der Waals surface area contributed by atoms with Crippen molar-refractivity contribution in [2.24, 2.45) is 0 Å². The van der Waals surface area contributed by atoms with Crippen molar-refractivity contribution < 1.29 is 9.53 Å². The summed E-state index contributed by atoms with van der Waals surface area (Å²) in [5.41, 5.74) is 1.48. The summed E-state index contributed by atoms with van der Waals surface area (Å²) in [6.07, 6.45) is -0.424. The second kappa shape index (κ2) is 4.46. The normalized spacial score (nSPS) is 17.6. The summed E-state index contributed by atoms with van der Waals surface area (Å²) in [4.78, 5) is 12.0. The summed E-state index contributed by atoms with van der Waals surface area (Å²) in [7, 11) is 0. The predicted molar refractivity (Wildman–Crippen MR) is 71.4 cm³/mol. The maximum Gasteiger partial charge on any atom is 0.258 e. The van der Waals surface area contributed by atoms with E-state index in [1.165, 1.54) is 0 Å². The Morgan fingerprint density at radius 1 is 1.11 bits per heavy atom. The van der Waals surface area contributed by atoms with Crippen LogP contribution in [0, 0.1) is 0 Å². The van der Waals surface area contributed by atoms with Gasteiger partial charge in [0.15, 0.2) is 6.23 Å². The topological polar surface area (TPSA) is 38.3 Å². The van der Waals surface area contributed by atoms with Crippen LogP contribution < -0.4 is 10.1 Å². The molecule has 0 radical (unpaired) electrons. The molecule has 1 atom stereocenters. The van der Waals surface area contributed by atoms with E-state index in [9.17, 15) is 4.79 Å². The third-order valence-corrected chi connectivity index (χ3v) is 3.29. The summed E-state index contributed by atoms with van der Waals surface area (Å²) in [5, 5.41) is 2.83. The highest BCUT2D eigenvalue weighted by Gasteiger charge is 2.26. The van der Waals surface area contributed by atoms with E-state index < -0.39 is 6.23 Å². The number of amides is 1. The molecule has 0 saturated heterocycles. The Morgan fingerprint density at radius 2 is 1.89 bits per heavy atom. The SMILES string of the molecule is O=C1NC(c2ccccc2)Oc2ccc(Br)cc21. The van der Waals surface area contributed by atoms with Crippen molar-refractivity contribution in [3.63, 3.8) is 0 Å². The molecule has 2 aromatic carbocycles. The molecule has 0 fully saturated rings. The number of hydrogen-bond acceptors (Lipinski definition) is 2. The Hall–Kier alpha value is -1.81. The van der Waals surface area contributed by atoms with Crippen molar-refractivity contribution in [2.45, 2.75) is 6.23 Å². The number of carbonyl (C=O) groups is 1. The molecular formula is C14H10BrNO2. The summed E-state index contributed by atoms with van der Waals surface area (Å²) >= 11 is 3.34. The first-order valence-electron chi connectivity index (χ1n) is 5.56. The van der Waals surface area contributed by atoms with Crippen LogP contribution in [-0.2, 0) is 0 Å². The van der Waals surface area contributed by atoms with E-state index in [2.05, 4.69) is 21.2 Å². The fraction of sp³-hybridized carbons (Fsp3) is 0.0714. The van der Waals surface area contributed by atoms with Crippen LogP contribution in [0.5, 0.6) is 5.75 Å². The van der Waals surface area contributed by atoms with Gasteiger partial charge in [0.05, 0.1) is 5.56 Å². The Kier molecular flexibility index (Phi) is 2.80. The molecule has 3 nitrogen and oxygen atoms in total. The van der Waals surface area contributed by atoms with Gasteiger partial charge in [0, 0.05) is 10.0 Å². The highest BCUT2D eigenvalue weighted by Crippen LogP contribution is 2.30. The minimum absolute atomic E-state index is 0.119. The molecule has 0 bridgehead atoms. The summed E-state index contributed by atoms with van der Waals surface area (Å²) in [6, 6.07) is 15.0. The number of nitrogens with one attached hydrogen (secondary N) is 1. The van der Waals surface area contributed by atoms with Gasteiger partial charge in [0.2, 0.25) is 0 Å². The van der Waals surface area contributed by atoms with Crippen LogP contribution in [0.15, 0.2) is 53.0 Å². The summed E-state index contributed by atoms with van der Waals surface area (Å²) in [5.74, 6) is 0.488. The van der Waals surface area contributed by atoms with Gasteiger partial charge in [-0.2, -0.15) is 0 Å². The average Bonchev–Trinajstić information content (AvgIpc) is 2.40. The van der Waals surface area contributed by atoms with Crippen LogP contribution >= 0.6 is 15.9 Å². The fourth-order valence-corrected chi connectivity index (χ4v) is 2.28. The Bertz CT molecular complexity index is 598. The van der Waals surface area contributed by atoms with Crippen molar-refractivity contribution in [1.29, 1.82) is 0 Å². The molecule has 1 N–H and O–H groups in total. The van der Waals surface area contributed by atoms with Gasteiger partial charge in [-0.25, -0.2) is 0 Å². The first kappa shape index (κ1) is 11.3. The van der Waals surface area contributed by atoms with E-state index in [0.29, 0.717) is 11.3 Å². The number of fused-ring (bicyclic) bond motifs is 1. The van der Waals surface area contributed by atoms with Crippen LogP contribution in [0.25, 0.3) is 0 Å². The molecule has 0 spiro atoms. The van der Waals surface area contributed by atoms with Gasteiger partial charge >= 0.3 is 0 Å². The van der Waals surface area contributed by atoms with Gasteiger partial charge < -0.3 is 10.1 Å². The highest BCUT2D eigenvalue weighted by atomic mass is 79.9. The van der Waals surface area contributed by atoms with Gasteiger partial charge in [-0.15, -0.1) is 0 Å². The number of hydrogen-bond donors (Lipinski definition) is 1.